The number of hydrogen-bond donors (Lipinski definition) is 1. The lowest BCUT2D eigenvalue weighted by molar-refractivity contribution is -0.0973. The molecular formula is C10H12NO2. The Hall–Kier alpha value is -1.06. The van der Waals surface area contributed by atoms with Gasteiger partial charge in [0, 0.05) is 5.56 Å². The molecule has 69 valence electrons. The number of methoxy groups -OCH3 is 1. The van der Waals surface area contributed by atoms with Crippen LogP contribution in [0.15, 0.2) is 24.3 Å². The highest BCUT2D eigenvalue weighted by atomic mass is 16.7. The summed E-state index contributed by atoms with van der Waals surface area (Å²) in [5.74, 6) is 0.872. The normalized spacial score (nSPS) is 26.6. The van der Waals surface area contributed by atoms with Crippen LogP contribution in [0.3, 0.4) is 0 Å². The van der Waals surface area contributed by atoms with E-state index in [-0.39, 0.29) is 5.54 Å². The number of rotatable bonds is 2. The second-order valence-electron chi connectivity index (χ2n) is 3.24. The summed E-state index contributed by atoms with van der Waals surface area (Å²) in [6.45, 7) is 3.79. The molecule has 1 atom stereocenters. The highest BCUT2D eigenvalue weighted by Crippen LogP contribution is 2.36. The molecule has 3 heteroatoms. The third-order valence-corrected chi connectivity index (χ3v) is 2.23. The van der Waals surface area contributed by atoms with Crippen molar-refractivity contribution in [1.82, 2.24) is 5.48 Å². The van der Waals surface area contributed by atoms with Gasteiger partial charge in [-0.05, 0) is 13.0 Å². The molecule has 1 unspecified atom stereocenters. The lowest BCUT2D eigenvalue weighted by atomic mass is 9.91. The lowest BCUT2D eigenvalue weighted by Gasteiger charge is -2.38. The van der Waals surface area contributed by atoms with Gasteiger partial charge in [-0.3, -0.25) is 4.84 Å². The first-order valence-corrected chi connectivity index (χ1v) is 4.17. The average Bonchev–Trinajstić information content (AvgIpc) is 2.14. The van der Waals surface area contributed by atoms with E-state index in [1.165, 1.54) is 0 Å². The van der Waals surface area contributed by atoms with Crippen molar-refractivity contribution >= 4 is 0 Å². The van der Waals surface area contributed by atoms with Gasteiger partial charge in [0.2, 0.25) is 0 Å². The van der Waals surface area contributed by atoms with E-state index in [1.807, 2.05) is 31.2 Å². The molecule has 1 fully saturated rings. The van der Waals surface area contributed by atoms with E-state index >= 15 is 0 Å². The number of ether oxygens (including phenoxy) is 1. The van der Waals surface area contributed by atoms with Gasteiger partial charge in [0.25, 0.3) is 0 Å². The summed E-state index contributed by atoms with van der Waals surface area (Å²) in [7, 11) is 1.67. The summed E-state index contributed by atoms with van der Waals surface area (Å²) in [6.07, 6.45) is 0. The summed E-state index contributed by atoms with van der Waals surface area (Å²) in [4.78, 5) is 4.86. The first-order chi connectivity index (χ1) is 6.26. The Labute approximate surface area is 77.6 Å². The summed E-state index contributed by atoms with van der Waals surface area (Å²) in [5.41, 5.74) is 3.75. The molecule has 1 aliphatic heterocycles. The van der Waals surface area contributed by atoms with Gasteiger partial charge in [-0.25, -0.2) is 0 Å². The van der Waals surface area contributed by atoms with Crippen LogP contribution < -0.4 is 10.2 Å². The smallest absolute Gasteiger partial charge is 0.134 e. The van der Waals surface area contributed by atoms with Crippen LogP contribution in [0.2, 0.25) is 0 Å². The average molecular weight is 178 g/mol. The zero-order chi connectivity index (χ0) is 9.31. The fraction of sp³-hybridized carbons (Fsp3) is 0.300. The zero-order valence-electron chi connectivity index (χ0n) is 7.70. The van der Waals surface area contributed by atoms with E-state index in [1.54, 1.807) is 13.7 Å². The third kappa shape index (κ3) is 1.30. The molecule has 1 aliphatic rings. The van der Waals surface area contributed by atoms with Crippen LogP contribution in [0.25, 0.3) is 0 Å². The maximum Gasteiger partial charge on any atom is 0.134 e. The number of nitrogens with one attached hydrogen (secondary N) is 1. The van der Waals surface area contributed by atoms with Crippen LogP contribution in [0.5, 0.6) is 5.75 Å². The maximum atomic E-state index is 5.25. The summed E-state index contributed by atoms with van der Waals surface area (Å²) in [6, 6.07) is 7.89. The van der Waals surface area contributed by atoms with E-state index in [4.69, 9.17) is 9.57 Å². The minimum absolute atomic E-state index is 0.216. The standard InChI is InChI=1S/C10H12NO2/c1-10(7-13-11-10)8-5-3-4-6-9(8)12-2/h3-7,11H,1-2H3. The van der Waals surface area contributed by atoms with Crippen molar-refractivity contribution in [1.29, 1.82) is 0 Å². The van der Waals surface area contributed by atoms with Gasteiger partial charge in [0.15, 0.2) is 0 Å². The highest BCUT2D eigenvalue weighted by Gasteiger charge is 2.38. The first kappa shape index (κ1) is 8.53. The predicted molar refractivity (Wildman–Crippen MR) is 48.9 cm³/mol. The molecule has 0 aromatic heterocycles. The van der Waals surface area contributed by atoms with E-state index < -0.39 is 0 Å². The molecule has 1 heterocycles. The second kappa shape index (κ2) is 3.01. The van der Waals surface area contributed by atoms with Gasteiger partial charge >= 0.3 is 0 Å². The zero-order valence-corrected chi connectivity index (χ0v) is 7.70. The minimum Gasteiger partial charge on any atom is -0.496 e. The molecule has 0 aliphatic carbocycles. The number of benzene rings is 1. The fourth-order valence-electron chi connectivity index (χ4n) is 1.43. The molecule has 3 nitrogen and oxygen atoms in total. The van der Waals surface area contributed by atoms with Crippen LogP contribution in [0.1, 0.15) is 12.5 Å². The van der Waals surface area contributed by atoms with E-state index in [2.05, 4.69) is 5.48 Å². The van der Waals surface area contributed by atoms with Crippen LogP contribution in [0.4, 0.5) is 0 Å². The molecule has 0 spiro atoms. The van der Waals surface area contributed by atoms with Gasteiger partial charge in [-0.15, -0.1) is 0 Å². The molecule has 1 saturated heterocycles. The van der Waals surface area contributed by atoms with Crippen molar-refractivity contribution in [2.75, 3.05) is 7.11 Å². The topological polar surface area (TPSA) is 30.5 Å². The van der Waals surface area contributed by atoms with Gasteiger partial charge in [-0.2, -0.15) is 5.48 Å². The Morgan fingerprint density at radius 3 is 2.62 bits per heavy atom. The van der Waals surface area contributed by atoms with Gasteiger partial charge < -0.3 is 4.74 Å². The largest absolute Gasteiger partial charge is 0.496 e. The van der Waals surface area contributed by atoms with Crippen molar-refractivity contribution < 1.29 is 9.57 Å². The second-order valence-corrected chi connectivity index (χ2v) is 3.24. The molecule has 0 bridgehead atoms. The number of hydroxylamine groups is 1. The third-order valence-electron chi connectivity index (χ3n) is 2.23. The fourth-order valence-corrected chi connectivity index (χ4v) is 1.43. The minimum atomic E-state index is -0.216. The SMILES string of the molecule is COc1ccccc1C1(C)[CH]ON1. The Kier molecular flexibility index (Phi) is 1.98. The number of para-hydroxylation sites is 1. The first-order valence-electron chi connectivity index (χ1n) is 4.17. The van der Waals surface area contributed by atoms with E-state index in [0.29, 0.717) is 0 Å². The molecule has 0 saturated carbocycles. The molecule has 2 rings (SSSR count). The lowest BCUT2D eigenvalue weighted by Crippen LogP contribution is -2.50. The Balaban J connectivity index is 2.38. The summed E-state index contributed by atoms with van der Waals surface area (Å²) in [5, 5.41) is 0. The van der Waals surface area contributed by atoms with Crippen LogP contribution in [-0.4, -0.2) is 7.11 Å². The van der Waals surface area contributed by atoms with Gasteiger partial charge in [0.05, 0.1) is 12.6 Å². The van der Waals surface area contributed by atoms with E-state index in [9.17, 15) is 0 Å². The Morgan fingerprint density at radius 1 is 1.38 bits per heavy atom. The molecule has 1 aromatic carbocycles. The van der Waals surface area contributed by atoms with Crippen LogP contribution >= 0.6 is 0 Å². The molecule has 1 N–H and O–H groups in total. The van der Waals surface area contributed by atoms with Gasteiger partial charge in [0.1, 0.15) is 12.4 Å². The maximum absolute atomic E-state index is 5.25. The van der Waals surface area contributed by atoms with Crippen molar-refractivity contribution in [3.8, 4) is 5.75 Å². The van der Waals surface area contributed by atoms with Crippen molar-refractivity contribution in [3.05, 3.63) is 36.4 Å². The van der Waals surface area contributed by atoms with Crippen molar-refractivity contribution in [2.24, 2.45) is 0 Å². The predicted octanol–water partition coefficient (Wildman–Crippen LogP) is 1.61. The van der Waals surface area contributed by atoms with E-state index in [0.717, 1.165) is 11.3 Å². The molecule has 1 radical (unpaired) electrons. The molecule has 1 aromatic rings. The van der Waals surface area contributed by atoms with Crippen LogP contribution in [-0.2, 0) is 10.4 Å². The monoisotopic (exact) mass is 178 g/mol. The van der Waals surface area contributed by atoms with Crippen LogP contribution in [0, 0.1) is 6.61 Å². The Bertz CT molecular complexity index is 308. The van der Waals surface area contributed by atoms with Gasteiger partial charge in [-0.1, -0.05) is 18.2 Å². The highest BCUT2D eigenvalue weighted by molar-refractivity contribution is 5.40. The molecule has 13 heavy (non-hydrogen) atoms. The summed E-state index contributed by atoms with van der Waals surface area (Å²) < 4.78 is 5.25. The van der Waals surface area contributed by atoms with Crippen molar-refractivity contribution in [2.45, 2.75) is 12.5 Å². The quantitative estimate of drug-likeness (QED) is 0.746. The number of hydrogen-bond acceptors (Lipinski definition) is 3. The van der Waals surface area contributed by atoms with Crippen molar-refractivity contribution in [3.63, 3.8) is 0 Å². The summed E-state index contributed by atoms with van der Waals surface area (Å²) >= 11 is 0. The molecular weight excluding hydrogens is 166 g/mol. The molecule has 0 amide bonds. The Morgan fingerprint density at radius 2 is 2.08 bits per heavy atom.